The van der Waals surface area contributed by atoms with Crippen LogP contribution in [0.25, 0.3) is 0 Å². The monoisotopic (exact) mass is 260 g/mol. The number of hydrogen-bond donors (Lipinski definition) is 0. The maximum atomic E-state index is 5.76. The molecule has 0 aromatic rings. The van der Waals surface area contributed by atoms with Crippen molar-refractivity contribution >= 4 is 19.1 Å². The minimum absolute atomic E-state index is 1.12. The summed E-state index contributed by atoms with van der Waals surface area (Å²) in [6, 6.07) is 0. The van der Waals surface area contributed by atoms with Crippen LogP contribution in [-0.4, -0.2) is 16.6 Å². The van der Waals surface area contributed by atoms with Gasteiger partial charge in [-0.1, -0.05) is 0 Å². The second-order valence-electron chi connectivity index (χ2n) is 2.08. The summed E-state index contributed by atoms with van der Waals surface area (Å²) >= 11 is -1.28. The Balaban J connectivity index is 2.23. The van der Waals surface area contributed by atoms with Crippen molar-refractivity contribution < 1.29 is 15.0 Å². The van der Waals surface area contributed by atoms with Gasteiger partial charge in [-0.3, -0.25) is 0 Å². The summed E-state index contributed by atoms with van der Waals surface area (Å²) in [4.78, 5) is 0. The molecule has 0 N–H and O–H groups in total. The van der Waals surface area contributed by atoms with Crippen molar-refractivity contribution in [1.82, 2.24) is 3.53 Å². The van der Waals surface area contributed by atoms with Gasteiger partial charge in [0.1, 0.15) is 0 Å². The van der Waals surface area contributed by atoms with Crippen molar-refractivity contribution in [3.8, 4) is 0 Å². The summed E-state index contributed by atoms with van der Waals surface area (Å²) in [6.07, 6.45) is 3.90. The van der Waals surface area contributed by atoms with E-state index in [9.17, 15) is 0 Å². The van der Waals surface area contributed by atoms with Gasteiger partial charge in [0.25, 0.3) is 0 Å². The molecule has 0 unspecified atom stereocenters. The second-order valence-corrected chi connectivity index (χ2v) is 7.22. The molecule has 4 heteroatoms. The fourth-order valence-electron chi connectivity index (χ4n) is 0.943. The van der Waals surface area contributed by atoms with Crippen LogP contribution in [-0.2, 0) is 15.0 Å². The molecule has 0 atom stereocenters. The Morgan fingerprint density at radius 3 is 1.89 bits per heavy atom. The van der Waals surface area contributed by atoms with E-state index in [1.165, 1.54) is 19.3 Å². The van der Waals surface area contributed by atoms with Crippen LogP contribution in [0.15, 0.2) is 0 Å². The van der Waals surface area contributed by atoms with Crippen LogP contribution >= 0.6 is 19.1 Å². The van der Waals surface area contributed by atoms with Gasteiger partial charge in [0.2, 0.25) is 0 Å². The van der Waals surface area contributed by atoms with Crippen molar-refractivity contribution in [3.05, 3.63) is 0 Å². The Bertz CT molecular complexity index is 83.0. The molecule has 0 bridgehead atoms. The molecule has 0 radical (unpaired) electrons. The van der Waals surface area contributed by atoms with E-state index in [2.05, 4.69) is 3.53 Å². The number of rotatable bonds is 1. The molecule has 0 aliphatic carbocycles. The fraction of sp³-hybridized carbons (Fsp3) is 1.00. The summed E-state index contributed by atoms with van der Waals surface area (Å²) in [5.41, 5.74) is 0. The topological polar surface area (TPSA) is 3.24 Å². The van der Waals surface area contributed by atoms with Crippen LogP contribution in [0.4, 0.5) is 0 Å². The number of halogens is 2. The van der Waals surface area contributed by atoms with Crippen molar-refractivity contribution in [3.63, 3.8) is 0 Å². The maximum absolute atomic E-state index is 5.76. The van der Waals surface area contributed by atoms with Gasteiger partial charge >= 0.3 is 69.9 Å². The fourth-order valence-corrected chi connectivity index (χ4v) is 3.22. The van der Waals surface area contributed by atoms with E-state index >= 15 is 0 Å². The van der Waals surface area contributed by atoms with Crippen molar-refractivity contribution in [2.75, 3.05) is 13.1 Å². The Morgan fingerprint density at radius 1 is 1.00 bits per heavy atom. The molecule has 59 valence electrons. The molecular formula is C5H10Cl2NPd. The second kappa shape index (κ2) is 4.16. The summed E-state index contributed by atoms with van der Waals surface area (Å²) < 4.78 is 2.21. The average molecular weight is 261 g/mol. The first kappa shape index (κ1) is 8.30. The third kappa shape index (κ3) is 2.74. The Labute approximate surface area is 69.8 Å². The normalized spacial score (nSPS) is 24.0. The molecule has 1 aliphatic rings. The van der Waals surface area contributed by atoms with Crippen molar-refractivity contribution in [2.24, 2.45) is 0 Å². The van der Waals surface area contributed by atoms with Crippen LogP contribution in [0.1, 0.15) is 19.3 Å². The van der Waals surface area contributed by atoms with E-state index in [-0.39, 0.29) is 0 Å². The molecule has 0 spiro atoms. The number of piperidine rings is 1. The zero-order chi connectivity index (χ0) is 6.69. The quantitative estimate of drug-likeness (QED) is 0.655. The van der Waals surface area contributed by atoms with Gasteiger partial charge in [-0.2, -0.15) is 0 Å². The molecule has 1 aliphatic heterocycles. The Kier molecular flexibility index (Phi) is 3.83. The van der Waals surface area contributed by atoms with Crippen LogP contribution in [0, 0.1) is 0 Å². The predicted molar refractivity (Wildman–Crippen MR) is 37.1 cm³/mol. The van der Waals surface area contributed by atoms with Crippen LogP contribution in [0.5, 0.6) is 0 Å². The van der Waals surface area contributed by atoms with E-state index in [4.69, 9.17) is 19.1 Å². The molecule has 1 fully saturated rings. The van der Waals surface area contributed by atoms with Crippen LogP contribution in [0.2, 0.25) is 0 Å². The zero-order valence-corrected chi connectivity index (χ0v) is 8.12. The number of nitrogens with zero attached hydrogens (tertiary/aromatic N) is 1. The van der Waals surface area contributed by atoms with Gasteiger partial charge in [-0.05, 0) is 0 Å². The standard InChI is InChI=1S/C5H10N.2ClH.Pd/c1-2-4-6-5-3-1;;;/h1-5H2;2*1H;/q-1;;;+3/p-2. The van der Waals surface area contributed by atoms with Gasteiger partial charge in [-0.15, -0.1) is 0 Å². The molecular weight excluding hydrogens is 251 g/mol. The van der Waals surface area contributed by atoms with Gasteiger partial charge in [0.05, 0.1) is 0 Å². The van der Waals surface area contributed by atoms with Gasteiger partial charge in [0, 0.05) is 0 Å². The first-order valence-electron chi connectivity index (χ1n) is 3.01. The molecule has 0 saturated carbocycles. The molecule has 0 aromatic carbocycles. The Morgan fingerprint density at radius 2 is 1.56 bits per heavy atom. The first-order valence-corrected chi connectivity index (χ1v) is 7.71. The molecule has 1 rings (SSSR count). The van der Waals surface area contributed by atoms with E-state index in [0.29, 0.717) is 0 Å². The third-order valence-corrected chi connectivity index (χ3v) is 4.65. The summed E-state index contributed by atoms with van der Waals surface area (Å²) in [5.74, 6) is 0. The first-order chi connectivity index (χ1) is 4.30. The summed E-state index contributed by atoms with van der Waals surface area (Å²) in [6.45, 7) is 2.24. The minimum atomic E-state index is -1.28. The molecule has 1 heterocycles. The van der Waals surface area contributed by atoms with E-state index in [0.717, 1.165) is 13.1 Å². The van der Waals surface area contributed by atoms with E-state index in [1.807, 2.05) is 0 Å². The molecule has 9 heavy (non-hydrogen) atoms. The van der Waals surface area contributed by atoms with E-state index in [1.54, 1.807) is 0 Å². The summed E-state index contributed by atoms with van der Waals surface area (Å²) in [5, 5.41) is 0. The average Bonchev–Trinajstić information content (AvgIpc) is 1.90. The summed E-state index contributed by atoms with van der Waals surface area (Å²) in [7, 11) is 11.5. The zero-order valence-electron chi connectivity index (χ0n) is 5.05. The van der Waals surface area contributed by atoms with Crippen molar-refractivity contribution in [1.29, 1.82) is 0 Å². The van der Waals surface area contributed by atoms with Gasteiger partial charge < -0.3 is 0 Å². The van der Waals surface area contributed by atoms with Crippen LogP contribution in [0.3, 0.4) is 0 Å². The molecule has 0 amide bonds. The third-order valence-electron chi connectivity index (χ3n) is 1.43. The molecule has 1 saturated heterocycles. The molecule has 0 aromatic heterocycles. The van der Waals surface area contributed by atoms with Gasteiger partial charge in [0.15, 0.2) is 0 Å². The van der Waals surface area contributed by atoms with Crippen molar-refractivity contribution in [2.45, 2.75) is 19.3 Å². The number of hydrogen-bond acceptors (Lipinski definition) is 1. The SMILES string of the molecule is [Cl][Pd]([Cl])[N]1CCCCC1. The Hall–Kier alpha value is 1.20. The van der Waals surface area contributed by atoms with Crippen LogP contribution < -0.4 is 0 Å². The van der Waals surface area contributed by atoms with Gasteiger partial charge in [-0.25, -0.2) is 0 Å². The predicted octanol–water partition coefficient (Wildman–Crippen LogP) is 2.31. The van der Waals surface area contributed by atoms with E-state index < -0.39 is 15.0 Å². The molecule has 1 nitrogen and oxygen atoms in total.